The molecular formula is C23H29N3O2. The van der Waals surface area contributed by atoms with Gasteiger partial charge < -0.3 is 14.5 Å². The minimum absolute atomic E-state index is 0.00323. The van der Waals surface area contributed by atoms with Crippen molar-refractivity contribution in [3.63, 3.8) is 0 Å². The molecule has 0 saturated carbocycles. The van der Waals surface area contributed by atoms with Gasteiger partial charge in [-0.2, -0.15) is 0 Å². The Labute approximate surface area is 167 Å². The Kier molecular flexibility index (Phi) is 5.62. The zero-order chi connectivity index (χ0) is 19.5. The van der Waals surface area contributed by atoms with Gasteiger partial charge in [-0.25, -0.2) is 4.98 Å². The summed E-state index contributed by atoms with van der Waals surface area (Å²) >= 11 is 0. The number of amides is 1. The molecule has 0 bridgehead atoms. The number of piperidine rings is 1. The minimum atomic E-state index is 0.00323. The molecule has 28 heavy (non-hydrogen) atoms. The summed E-state index contributed by atoms with van der Waals surface area (Å²) in [6, 6.07) is 10.4. The summed E-state index contributed by atoms with van der Waals surface area (Å²) in [7, 11) is 0. The van der Waals surface area contributed by atoms with Crippen molar-refractivity contribution in [1.82, 2.24) is 14.8 Å². The summed E-state index contributed by atoms with van der Waals surface area (Å²) in [6.45, 7) is 8.11. The SMILES string of the molecule is CC(C)N1CCC(Oc2ccc3nc(C(=O)N4CC=CCC4)ccc3c2)CC1. The molecule has 3 heterocycles. The molecule has 0 unspecified atom stereocenters. The molecular weight excluding hydrogens is 350 g/mol. The van der Waals surface area contributed by atoms with Crippen molar-refractivity contribution in [1.29, 1.82) is 0 Å². The molecule has 1 aromatic heterocycles. The lowest BCUT2D eigenvalue weighted by molar-refractivity contribution is 0.0765. The second kappa shape index (κ2) is 8.31. The van der Waals surface area contributed by atoms with Gasteiger partial charge in [0.15, 0.2) is 0 Å². The van der Waals surface area contributed by atoms with E-state index in [-0.39, 0.29) is 12.0 Å². The van der Waals surface area contributed by atoms with Crippen LogP contribution in [0, 0.1) is 0 Å². The third kappa shape index (κ3) is 4.20. The molecule has 1 saturated heterocycles. The Bertz CT molecular complexity index is 869. The number of hydrogen-bond acceptors (Lipinski definition) is 4. The number of nitrogens with zero attached hydrogens (tertiary/aromatic N) is 3. The van der Waals surface area contributed by atoms with Crippen LogP contribution in [0.25, 0.3) is 10.9 Å². The lowest BCUT2D eigenvalue weighted by atomic mass is 10.1. The molecule has 148 valence electrons. The average molecular weight is 380 g/mol. The van der Waals surface area contributed by atoms with E-state index in [9.17, 15) is 4.79 Å². The van der Waals surface area contributed by atoms with Gasteiger partial charge in [-0.3, -0.25) is 4.79 Å². The van der Waals surface area contributed by atoms with Gasteiger partial charge in [0, 0.05) is 37.6 Å². The smallest absolute Gasteiger partial charge is 0.272 e. The first-order valence-electron chi connectivity index (χ1n) is 10.4. The van der Waals surface area contributed by atoms with E-state index in [1.165, 1.54) is 0 Å². The molecule has 0 aliphatic carbocycles. The molecule has 1 fully saturated rings. The van der Waals surface area contributed by atoms with Crippen LogP contribution in [-0.2, 0) is 0 Å². The van der Waals surface area contributed by atoms with Crippen molar-refractivity contribution in [2.45, 2.75) is 45.3 Å². The fourth-order valence-corrected chi connectivity index (χ4v) is 3.99. The number of hydrogen-bond donors (Lipinski definition) is 0. The van der Waals surface area contributed by atoms with E-state index in [4.69, 9.17) is 4.74 Å². The molecule has 0 N–H and O–H groups in total. The van der Waals surface area contributed by atoms with Gasteiger partial charge in [0.1, 0.15) is 17.5 Å². The van der Waals surface area contributed by atoms with Crippen molar-refractivity contribution >= 4 is 16.8 Å². The van der Waals surface area contributed by atoms with Gasteiger partial charge in [-0.05, 0) is 57.4 Å². The van der Waals surface area contributed by atoms with Gasteiger partial charge in [0.05, 0.1) is 5.52 Å². The molecule has 4 rings (SSSR count). The lowest BCUT2D eigenvalue weighted by Gasteiger charge is -2.34. The predicted molar refractivity (Wildman–Crippen MR) is 112 cm³/mol. The van der Waals surface area contributed by atoms with Gasteiger partial charge in [0.2, 0.25) is 0 Å². The highest BCUT2D eigenvalue weighted by Gasteiger charge is 2.22. The Hall–Kier alpha value is -2.40. The fraction of sp³-hybridized carbons (Fsp3) is 0.478. The van der Waals surface area contributed by atoms with Gasteiger partial charge in [-0.15, -0.1) is 0 Å². The maximum atomic E-state index is 12.6. The summed E-state index contributed by atoms with van der Waals surface area (Å²) < 4.78 is 6.23. The zero-order valence-electron chi connectivity index (χ0n) is 16.8. The Morgan fingerprint density at radius 2 is 1.93 bits per heavy atom. The quantitative estimate of drug-likeness (QED) is 0.756. The number of carbonyl (C=O) groups is 1. The van der Waals surface area contributed by atoms with Gasteiger partial charge >= 0.3 is 0 Å². The van der Waals surface area contributed by atoms with E-state index >= 15 is 0 Å². The molecule has 0 radical (unpaired) electrons. The fourth-order valence-electron chi connectivity index (χ4n) is 3.99. The van der Waals surface area contributed by atoms with Gasteiger partial charge in [0.25, 0.3) is 5.91 Å². The summed E-state index contributed by atoms with van der Waals surface area (Å²) in [5.74, 6) is 0.890. The maximum Gasteiger partial charge on any atom is 0.272 e. The molecule has 0 spiro atoms. The second-order valence-electron chi connectivity index (χ2n) is 8.01. The molecule has 5 nitrogen and oxygen atoms in total. The van der Waals surface area contributed by atoms with E-state index in [1.807, 2.05) is 41.3 Å². The van der Waals surface area contributed by atoms with Crippen LogP contribution >= 0.6 is 0 Å². The highest BCUT2D eigenvalue weighted by Crippen LogP contribution is 2.24. The number of fused-ring (bicyclic) bond motifs is 1. The van der Waals surface area contributed by atoms with Crippen LogP contribution in [-0.4, -0.2) is 59.0 Å². The van der Waals surface area contributed by atoms with Crippen LogP contribution in [0.4, 0.5) is 0 Å². The van der Waals surface area contributed by atoms with E-state index in [2.05, 4.69) is 29.8 Å². The standard InChI is InChI=1S/C23H29N3O2/c1-17(2)25-14-10-19(11-15-25)28-20-7-9-21-18(16-20)6-8-22(24-21)23(27)26-12-4-3-5-13-26/h3-4,6-9,16-17,19H,5,10-15H2,1-2H3. The number of carbonyl (C=O) groups excluding carboxylic acids is 1. The van der Waals surface area contributed by atoms with E-state index in [0.29, 0.717) is 18.3 Å². The number of aromatic nitrogens is 1. The zero-order valence-corrected chi connectivity index (χ0v) is 16.8. The molecule has 0 atom stereocenters. The second-order valence-corrected chi connectivity index (χ2v) is 8.01. The van der Waals surface area contributed by atoms with Crippen LogP contribution in [0.5, 0.6) is 5.75 Å². The van der Waals surface area contributed by atoms with Gasteiger partial charge in [-0.1, -0.05) is 18.2 Å². The third-order valence-electron chi connectivity index (χ3n) is 5.73. The lowest BCUT2D eigenvalue weighted by Crippen LogP contribution is -2.41. The number of pyridine rings is 1. The summed E-state index contributed by atoms with van der Waals surface area (Å²) in [5, 5.41) is 1.01. The monoisotopic (exact) mass is 379 g/mol. The molecule has 5 heteroatoms. The van der Waals surface area contributed by atoms with Crippen LogP contribution in [0.15, 0.2) is 42.5 Å². The van der Waals surface area contributed by atoms with Crippen LogP contribution in [0.2, 0.25) is 0 Å². The predicted octanol–water partition coefficient (Wildman–Crippen LogP) is 3.89. The summed E-state index contributed by atoms with van der Waals surface area (Å²) in [4.78, 5) is 21.6. The molecule has 1 aromatic carbocycles. The first-order valence-corrected chi connectivity index (χ1v) is 10.4. The Morgan fingerprint density at radius 3 is 2.64 bits per heavy atom. The van der Waals surface area contributed by atoms with Crippen LogP contribution < -0.4 is 4.74 Å². The van der Waals surface area contributed by atoms with Crippen molar-refractivity contribution in [3.8, 4) is 5.75 Å². The van der Waals surface area contributed by atoms with Crippen LogP contribution in [0.3, 0.4) is 0 Å². The average Bonchev–Trinajstić information content (AvgIpc) is 2.74. The highest BCUT2D eigenvalue weighted by molar-refractivity contribution is 5.95. The molecule has 1 amide bonds. The first-order chi connectivity index (χ1) is 13.6. The number of benzene rings is 1. The largest absolute Gasteiger partial charge is 0.490 e. The van der Waals surface area contributed by atoms with Crippen molar-refractivity contribution in [2.24, 2.45) is 0 Å². The molecule has 2 aromatic rings. The third-order valence-corrected chi connectivity index (χ3v) is 5.73. The van der Waals surface area contributed by atoms with Crippen molar-refractivity contribution < 1.29 is 9.53 Å². The minimum Gasteiger partial charge on any atom is -0.490 e. The van der Waals surface area contributed by atoms with E-state index in [1.54, 1.807) is 0 Å². The van der Waals surface area contributed by atoms with E-state index in [0.717, 1.165) is 55.5 Å². The highest BCUT2D eigenvalue weighted by atomic mass is 16.5. The first kappa shape index (κ1) is 18.9. The van der Waals surface area contributed by atoms with Crippen molar-refractivity contribution in [2.75, 3.05) is 26.2 Å². The maximum absolute atomic E-state index is 12.6. The number of rotatable bonds is 4. The van der Waals surface area contributed by atoms with E-state index < -0.39 is 0 Å². The summed E-state index contributed by atoms with van der Waals surface area (Å²) in [6.07, 6.45) is 7.46. The molecule has 2 aliphatic heterocycles. The molecule has 2 aliphatic rings. The Balaban J connectivity index is 1.43. The number of ether oxygens (including phenoxy) is 1. The Morgan fingerprint density at radius 1 is 1.11 bits per heavy atom. The number of likely N-dealkylation sites (tertiary alicyclic amines) is 1. The summed E-state index contributed by atoms with van der Waals surface area (Å²) in [5.41, 5.74) is 1.35. The van der Waals surface area contributed by atoms with Crippen LogP contribution in [0.1, 0.15) is 43.6 Å². The van der Waals surface area contributed by atoms with Crippen molar-refractivity contribution in [3.05, 3.63) is 48.2 Å². The normalized spacial score (nSPS) is 18.8. The topological polar surface area (TPSA) is 45.7 Å².